The molecule has 12 heteroatoms. The maximum atomic E-state index is 11.7. The predicted octanol–water partition coefficient (Wildman–Crippen LogP) is -2.17. The number of amides is 2. The van der Waals surface area contributed by atoms with Crippen molar-refractivity contribution in [2.45, 2.75) is 26.4 Å². The molecule has 0 rings (SSSR count). The molecule has 4 N–H and O–H groups in total. The monoisotopic (exact) mass is 400 g/mol. The van der Waals surface area contributed by atoms with Crippen molar-refractivity contribution >= 4 is 72.6 Å². The SMILES string of the molecule is CC(C)(COS(=O)(=O)O)C(O)C(=O)NCCC(=O)NCCS.[CaH2]. The van der Waals surface area contributed by atoms with Gasteiger partial charge in [-0.25, -0.2) is 4.18 Å². The van der Waals surface area contributed by atoms with Gasteiger partial charge in [-0.05, 0) is 0 Å². The van der Waals surface area contributed by atoms with Crippen LogP contribution in [0.3, 0.4) is 0 Å². The molecule has 0 aromatic rings. The van der Waals surface area contributed by atoms with Crippen molar-refractivity contribution in [3.8, 4) is 0 Å². The van der Waals surface area contributed by atoms with E-state index in [1.165, 1.54) is 13.8 Å². The first-order chi connectivity index (χ1) is 9.99. The van der Waals surface area contributed by atoms with Gasteiger partial charge in [0.2, 0.25) is 11.8 Å². The van der Waals surface area contributed by atoms with Gasteiger partial charge in [0.25, 0.3) is 0 Å². The number of carbonyl (C=O) groups excluding carboxylic acids is 2. The summed E-state index contributed by atoms with van der Waals surface area (Å²) in [5.41, 5.74) is -1.26. The van der Waals surface area contributed by atoms with Gasteiger partial charge in [0.15, 0.2) is 0 Å². The Hall–Kier alpha value is 0.380. The zero-order valence-electron chi connectivity index (χ0n) is 12.4. The molecule has 0 aliphatic heterocycles. The van der Waals surface area contributed by atoms with Crippen LogP contribution in [-0.4, -0.2) is 99.2 Å². The van der Waals surface area contributed by atoms with Crippen molar-refractivity contribution in [1.82, 2.24) is 10.6 Å². The summed E-state index contributed by atoms with van der Waals surface area (Å²) >= 11 is 3.93. The van der Waals surface area contributed by atoms with E-state index in [1.54, 1.807) is 0 Å². The van der Waals surface area contributed by atoms with E-state index >= 15 is 0 Å². The molecule has 0 aromatic heterocycles. The number of thiol groups is 1. The number of aliphatic hydroxyl groups excluding tert-OH is 1. The van der Waals surface area contributed by atoms with Crippen molar-refractivity contribution in [1.29, 1.82) is 0 Å². The average molecular weight is 401 g/mol. The molecule has 0 bridgehead atoms. The Labute approximate surface area is 171 Å². The van der Waals surface area contributed by atoms with Gasteiger partial charge in [0.1, 0.15) is 6.10 Å². The Morgan fingerprint density at radius 3 is 2.30 bits per heavy atom. The summed E-state index contributed by atoms with van der Waals surface area (Å²) in [7, 11) is -4.66. The predicted molar refractivity (Wildman–Crippen MR) is 90.3 cm³/mol. The van der Waals surface area contributed by atoms with Crippen LogP contribution in [0, 0.1) is 5.41 Å². The summed E-state index contributed by atoms with van der Waals surface area (Å²) in [6, 6.07) is 0. The van der Waals surface area contributed by atoms with Gasteiger partial charge in [0.05, 0.1) is 6.61 Å². The Balaban J connectivity index is 0. The molecule has 0 spiro atoms. The van der Waals surface area contributed by atoms with Crippen molar-refractivity contribution < 1.29 is 31.8 Å². The Morgan fingerprint density at radius 1 is 1.26 bits per heavy atom. The second kappa shape index (κ2) is 11.9. The molecule has 0 aromatic carbocycles. The van der Waals surface area contributed by atoms with E-state index in [9.17, 15) is 23.1 Å². The molecule has 0 fully saturated rings. The Bertz CT molecular complexity index is 485. The maximum absolute atomic E-state index is 11.7. The van der Waals surface area contributed by atoms with E-state index in [2.05, 4.69) is 27.4 Å². The number of hydrogen-bond acceptors (Lipinski definition) is 7. The molecule has 0 aliphatic carbocycles. The third kappa shape index (κ3) is 12.4. The minimum absolute atomic E-state index is 0. The van der Waals surface area contributed by atoms with E-state index in [-0.39, 0.29) is 56.6 Å². The van der Waals surface area contributed by atoms with Gasteiger partial charge >= 0.3 is 48.1 Å². The van der Waals surface area contributed by atoms with Crippen LogP contribution in [0.4, 0.5) is 0 Å². The van der Waals surface area contributed by atoms with Gasteiger partial charge < -0.3 is 15.7 Å². The number of aliphatic hydroxyl groups is 1. The van der Waals surface area contributed by atoms with Crippen LogP contribution in [0.2, 0.25) is 0 Å². The fourth-order valence-corrected chi connectivity index (χ4v) is 1.90. The molecule has 23 heavy (non-hydrogen) atoms. The normalized spacial score (nSPS) is 12.9. The zero-order chi connectivity index (χ0) is 17.4. The van der Waals surface area contributed by atoms with Gasteiger partial charge in [0, 0.05) is 30.7 Å². The Kier molecular flexibility index (Phi) is 13.2. The number of nitrogens with one attached hydrogen (secondary N) is 2. The topological polar surface area (TPSA) is 142 Å². The molecule has 0 aliphatic rings. The van der Waals surface area contributed by atoms with Crippen LogP contribution in [0.1, 0.15) is 20.3 Å². The zero-order valence-corrected chi connectivity index (χ0v) is 14.1. The van der Waals surface area contributed by atoms with E-state index in [1.807, 2.05) is 0 Å². The molecule has 0 saturated carbocycles. The molecule has 1 atom stereocenters. The third-order valence-electron chi connectivity index (χ3n) is 2.65. The second-order valence-electron chi connectivity index (χ2n) is 5.20. The van der Waals surface area contributed by atoms with Crippen LogP contribution < -0.4 is 10.6 Å². The van der Waals surface area contributed by atoms with Crippen molar-refractivity contribution in [2.75, 3.05) is 25.4 Å². The molecule has 9 nitrogen and oxygen atoms in total. The van der Waals surface area contributed by atoms with Crippen LogP contribution in [-0.2, 0) is 24.2 Å². The third-order valence-corrected chi connectivity index (χ3v) is 3.29. The summed E-state index contributed by atoms with van der Waals surface area (Å²) in [5, 5.41) is 14.8. The average Bonchev–Trinajstić information content (AvgIpc) is 2.41. The number of rotatable bonds is 10. The van der Waals surface area contributed by atoms with Crippen molar-refractivity contribution in [3.05, 3.63) is 0 Å². The molecule has 0 radical (unpaired) electrons. The summed E-state index contributed by atoms with van der Waals surface area (Å²) in [4.78, 5) is 23.0. The van der Waals surface area contributed by atoms with Crippen molar-refractivity contribution in [3.63, 3.8) is 0 Å². The second-order valence-corrected chi connectivity index (χ2v) is 6.73. The first-order valence-electron chi connectivity index (χ1n) is 6.45. The van der Waals surface area contributed by atoms with E-state index in [0.29, 0.717) is 12.3 Å². The quantitative estimate of drug-likeness (QED) is 0.160. The molecule has 0 saturated heterocycles. The van der Waals surface area contributed by atoms with Gasteiger partial charge in [-0.15, -0.1) is 0 Å². The molecular weight excluding hydrogens is 376 g/mol. The fraction of sp³-hybridized carbons (Fsp3) is 0.818. The van der Waals surface area contributed by atoms with E-state index in [0.717, 1.165) is 0 Å². The molecular formula is C11H24CaN2O7S2. The molecule has 0 heterocycles. The van der Waals surface area contributed by atoms with Crippen LogP contribution in [0.5, 0.6) is 0 Å². The van der Waals surface area contributed by atoms with E-state index in [4.69, 9.17) is 4.55 Å². The number of hydrogen-bond donors (Lipinski definition) is 5. The van der Waals surface area contributed by atoms with Crippen molar-refractivity contribution in [2.24, 2.45) is 5.41 Å². The van der Waals surface area contributed by atoms with Crippen LogP contribution in [0.25, 0.3) is 0 Å². The fourth-order valence-electron chi connectivity index (χ4n) is 1.34. The Morgan fingerprint density at radius 2 is 1.83 bits per heavy atom. The minimum atomic E-state index is -4.66. The molecule has 1 unspecified atom stereocenters. The first kappa shape index (κ1) is 25.6. The summed E-state index contributed by atoms with van der Waals surface area (Å²) in [5.74, 6) is -0.539. The van der Waals surface area contributed by atoms with Gasteiger partial charge in [-0.2, -0.15) is 21.0 Å². The number of carbonyl (C=O) groups is 2. The summed E-state index contributed by atoms with van der Waals surface area (Å²) < 4.78 is 33.7. The first-order valence-corrected chi connectivity index (χ1v) is 8.44. The summed E-state index contributed by atoms with van der Waals surface area (Å²) in [6.45, 7) is 2.63. The summed E-state index contributed by atoms with van der Waals surface area (Å²) in [6.07, 6.45) is -1.54. The van der Waals surface area contributed by atoms with Crippen LogP contribution in [0.15, 0.2) is 0 Å². The molecule has 134 valence electrons. The van der Waals surface area contributed by atoms with Gasteiger partial charge in [-0.3, -0.25) is 14.1 Å². The standard InChI is InChI=1S/C11H22N2O7S2.Ca.2H/c1-11(2,7-20-22(17,18)19)9(15)10(16)13-4-3-8(14)12-5-6-21;;;/h9,15,21H,3-7H2,1-2H3,(H,12,14)(H,13,16)(H,17,18,19);;;. The van der Waals surface area contributed by atoms with Crippen LogP contribution >= 0.6 is 12.6 Å². The van der Waals surface area contributed by atoms with E-state index < -0.39 is 34.4 Å². The van der Waals surface area contributed by atoms with Gasteiger partial charge in [-0.1, -0.05) is 13.8 Å². The molecule has 2 amide bonds.